The SMILES string of the molecule is COc1ccccc1-c1cccc(C(=O)NCC2(CO)CCOCC2)c1. The number of carbonyl (C=O) groups excluding carboxylic acids is 1. The number of benzene rings is 2. The summed E-state index contributed by atoms with van der Waals surface area (Å²) in [6.07, 6.45) is 1.51. The van der Waals surface area contributed by atoms with Crippen molar-refractivity contribution < 1.29 is 19.4 Å². The molecule has 1 heterocycles. The molecular formula is C21H25NO4. The van der Waals surface area contributed by atoms with Crippen LogP contribution in [0.15, 0.2) is 48.5 Å². The summed E-state index contributed by atoms with van der Waals surface area (Å²) in [7, 11) is 1.64. The van der Waals surface area contributed by atoms with E-state index >= 15 is 0 Å². The van der Waals surface area contributed by atoms with Gasteiger partial charge in [0.05, 0.1) is 13.7 Å². The molecule has 1 fully saturated rings. The number of rotatable bonds is 6. The fourth-order valence-electron chi connectivity index (χ4n) is 3.28. The molecule has 138 valence electrons. The van der Waals surface area contributed by atoms with E-state index in [9.17, 15) is 9.90 Å². The minimum absolute atomic E-state index is 0.0535. The molecule has 1 amide bonds. The van der Waals surface area contributed by atoms with E-state index in [1.165, 1.54) is 0 Å². The lowest BCUT2D eigenvalue weighted by Gasteiger charge is -2.35. The van der Waals surface area contributed by atoms with Crippen LogP contribution in [-0.2, 0) is 4.74 Å². The molecule has 1 aliphatic heterocycles. The highest BCUT2D eigenvalue weighted by Crippen LogP contribution is 2.31. The fraction of sp³-hybridized carbons (Fsp3) is 0.381. The Hall–Kier alpha value is -2.37. The molecule has 2 N–H and O–H groups in total. The number of aliphatic hydroxyl groups is 1. The number of amides is 1. The number of hydrogen-bond acceptors (Lipinski definition) is 4. The molecule has 0 radical (unpaired) electrons. The molecule has 5 heteroatoms. The first-order valence-electron chi connectivity index (χ1n) is 8.88. The van der Waals surface area contributed by atoms with E-state index in [0.717, 1.165) is 29.7 Å². The van der Waals surface area contributed by atoms with E-state index in [1.54, 1.807) is 13.2 Å². The Morgan fingerprint density at radius 3 is 2.69 bits per heavy atom. The van der Waals surface area contributed by atoms with Crippen molar-refractivity contribution in [3.63, 3.8) is 0 Å². The molecule has 0 aromatic heterocycles. The van der Waals surface area contributed by atoms with Gasteiger partial charge in [-0.2, -0.15) is 0 Å². The first-order valence-corrected chi connectivity index (χ1v) is 8.88. The maximum atomic E-state index is 12.6. The second kappa shape index (κ2) is 8.34. The highest BCUT2D eigenvalue weighted by molar-refractivity contribution is 5.95. The highest BCUT2D eigenvalue weighted by atomic mass is 16.5. The highest BCUT2D eigenvalue weighted by Gasteiger charge is 2.32. The van der Waals surface area contributed by atoms with Gasteiger partial charge in [0.25, 0.3) is 5.91 Å². The van der Waals surface area contributed by atoms with Gasteiger partial charge in [0.15, 0.2) is 0 Å². The van der Waals surface area contributed by atoms with Crippen molar-refractivity contribution in [2.75, 3.05) is 33.5 Å². The van der Waals surface area contributed by atoms with Gasteiger partial charge in [-0.05, 0) is 36.6 Å². The molecule has 2 aromatic carbocycles. The first-order chi connectivity index (χ1) is 12.7. The summed E-state index contributed by atoms with van der Waals surface area (Å²) in [5.74, 6) is 0.632. The van der Waals surface area contributed by atoms with Gasteiger partial charge < -0.3 is 19.9 Å². The van der Waals surface area contributed by atoms with Crippen LogP contribution in [0.4, 0.5) is 0 Å². The van der Waals surface area contributed by atoms with Crippen LogP contribution in [0, 0.1) is 5.41 Å². The van der Waals surface area contributed by atoms with Gasteiger partial charge in [0, 0.05) is 36.3 Å². The summed E-state index contributed by atoms with van der Waals surface area (Å²) in [4.78, 5) is 12.6. The number of para-hydroxylation sites is 1. The molecule has 3 rings (SSSR count). The minimum Gasteiger partial charge on any atom is -0.496 e. The maximum Gasteiger partial charge on any atom is 0.251 e. The maximum absolute atomic E-state index is 12.6. The minimum atomic E-state index is -0.284. The number of carbonyl (C=O) groups is 1. The van der Waals surface area contributed by atoms with Crippen LogP contribution < -0.4 is 10.1 Å². The lowest BCUT2D eigenvalue weighted by Crippen LogP contribution is -2.43. The predicted molar refractivity (Wildman–Crippen MR) is 100 cm³/mol. The molecule has 0 atom stereocenters. The first kappa shape index (κ1) is 18.4. The summed E-state index contributed by atoms with van der Waals surface area (Å²) in [6.45, 7) is 1.75. The molecule has 0 saturated carbocycles. The molecule has 0 aliphatic carbocycles. The van der Waals surface area contributed by atoms with Crippen molar-refractivity contribution in [1.82, 2.24) is 5.32 Å². The summed E-state index contributed by atoms with van der Waals surface area (Å²) < 4.78 is 10.8. The van der Waals surface area contributed by atoms with Gasteiger partial charge in [-0.25, -0.2) is 0 Å². The van der Waals surface area contributed by atoms with Crippen molar-refractivity contribution in [3.05, 3.63) is 54.1 Å². The third-order valence-electron chi connectivity index (χ3n) is 5.06. The standard InChI is InChI=1S/C21H25NO4/c1-25-19-8-3-2-7-18(19)16-5-4-6-17(13-16)20(24)22-14-21(15-23)9-11-26-12-10-21/h2-8,13,23H,9-12,14-15H2,1H3,(H,22,24). The van der Waals surface area contributed by atoms with Gasteiger partial charge in [-0.3, -0.25) is 4.79 Å². The Bertz CT molecular complexity index is 753. The largest absolute Gasteiger partial charge is 0.496 e. The van der Waals surface area contributed by atoms with E-state index in [2.05, 4.69) is 5.32 Å². The molecule has 0 bridgehead atoms. The lowest BCUT2D eigenvalue weighted by molar-refractivity contribution is -0.0146. The number of methoxy groups -OCH3 is 1. The normalized spacial score (nSPS) is 16.1. The zero-order chi connectivity index (χ0) is 18.4. The Morgan fingerprint density at radius 1 is 1.19 bits per heavy atom. The van der Waals surface area contributed by atoms with Crippen LogP contribution in [0.5, 0.6) is 5.75 Å². The molecule has 0 unspecified atom stereocenters. The second-order valence-electron chi connectivity index (χ2n) is 6.73. The van der Waals surface area contributed by atoms with Gasteiger partial charge in [0.1, 0.15) is 5.75 Å². The molecule has 26 heavy (non-hydrogen) atoms. The summed E-state index contributed by atoms with van der Waals surface area (Å²) in [5, 5.41) is 12.7. The predicted octanol–water partition coefficient (Wildman–Crippen LogP) is 2.88. The van der Waals surface area contributed by atoms with E-state index in [-0.39, 0.29) is 17.9 Å². The Balaban J connectivity index is 1.74. The van der Waals surface area contributed by atoms with E-state index in [0.29, 0.717) is 25.3 Å². The summed E-state index contributed by atoms with van der Waals surface area (Å²) in [6, 6.07) is 15.2. The number of ether oxygens (including phenoxy) is 2. The van der Waals surface area contributed by atoms with Crippen LogP contribution in [0.25, 0.3) is 11.1 Å². The van der Waals surface area contributed by atoms with Crippen molar-refractivity contribution in [2.45, 2.75) is 12.8 Å². The molecule has 1 saturated heterocycles. The fourth-order valence-corrected chi connectivity index (χ4v) is 3.28. The number of nitrogens with one attached hydrogen (secondary N) is 1. The third-order valence-corrected chi connectivity index (χ3v) is 5.06. The average molecular weight is 355 g/mol. The van der Waals surface area contributed by atoms with Gasteiger partial charge in [-0.1, -0.05) is 30.3 Å². The van der Waals surface area contributed by atoms with Gasteiger partial charge in [0.2, 0.25) is 0 Å². The number of aliphatic hydroxyl groups excluding tert-OH is 1. The van der Waals surface area contributed by atoms with Crippen molar-refractivity contribution in [3.8, 4) is 16.9 Å². The molecule has 0 spiro atoms. The van der Waals surface area contributed by atoms with Gasteiger partial charge >= 0.3 is 0 Å². The number of hydrogen-bond donors (Lipinski definition) is 2. The van der Waals surface area contributed by atoms with E-state index in [4.69, 9.17) is 9.47 Å². The zero-order valence-electron chi connectivity index (χ0n) is 15.0. The quantitative estimate of drug-likeness (QED) is 0.836. The van der Waals surface area contributed by atoms with Crippen LogP contribution in [0.1, 0.15) is 23.2 Å². The van der Waals surface area contributed by atoms with Crippen molar-refractivity contribution in [1.29, 1.82) is 0 Å². The van der Waals surface area contributed by atoms with Crippen LogP contribution in [0.3, 0.4) is 0 Å². The molecule has 2 aromatic rings. The molecule has 5 nitrogen and oxygen atoms in total. The van der Waals surface area contributed by atoms with Crippen LogP contribution in [-0.4, -0.2) is 44.5 Å². The molecule has 1 aliphatic rings. The topological polar surface area (TPSA) is 67.8 Å². The Labute approximate surface area is 153 Å². The Kier molecular flexibility index (Phi) is 5.91. The average Bonchev–Trinajstić information content (AvgIpc) is 2.72. The molecular weight excluding hydrogens is 330 g/mol. The van der Waals surface area contributed by atoms with Crippen molar-refractivity contribution >= 4 is 5.91 Å². The van der Waals surface area contributed by atoms with Gasteiger partial charge in [-0.15, -0.1) is 0 Å². The summed E-state index contributed by atoms with van der Waals surface area (Å²) >= 11 is 0. The Morgan fingerprint density at radius 2 is 1.96 bits per heavy atom. The zero-order valence-corrected chi connectivity index (χ0v) is 15.0. The van der Waals surface area contributed by atoms with Crippen molar-refractivity contribution in [2.24, 2.45) is 5.41 Å². The van der Waals surface area contributed by atoms with Crippen LogP contribution >= 0.6 is 0 Å². The third kappa shape index (κ3) is 4.06. The van der Waals surface area contributed by atoms with Crippen LogP contribution in [0.2, 0.25) is 0 Å². The second-order valence-corrected chi connectivity index (χ2v) is 6.73. The monoisotopic (exact) mass is 355 g/mol. The summed E-state index contributed by atoms with van der Waals surface area (Å²) in [5.41, 5.74) is 2.18. The van der Waals surface area contributed by atoms with E-state index in [1.807, 2.05) is 42.5 Å². The smallest absolute Gasteiger partial charge is 0.251 e. The lowest BCUT2D eigenvalue weighted by atomic mass is 9.81. The van der Waals surface area contributed by atoms with E-state index < -0.39 is 0 Å².